The van der Waals surface area contributed by atoms with E-state index in [1.54, 1.807) is 21.0 Å². The molecule has 0 aliphatic heterocycles. The van der Waals surface area contributed by atoms with Crippen LogP contribution in [0.5, 0.6) is 0 Å². The molecule has 0 aromatic carbocycles. The molecule has 0 saturated carbocycles. The molecule has 1 unspecified atom stereocenters. The fourth-order valence-corrected chi connectivity index (χ4v) is 2.52. The molecular weight excluding hydrogens is 365 g/mol. The van der Waals surface area contributed by atoms with Gasteiger partial charge < -0.3 is 10.2 Å². The average molecular weight is 386 g/mol. The summed E-state index contributed by atoms with van der Waals surface area (Å²) in [5, 5.41) is 10.1. The van der Waals surface area contributed by atoms with Crippen LogP contribution >= 0.6 is 0 Å². The first-order valence-electron chi connectivity index (χ1n) is 8.19. The number of aromatic nitrogens is 4. The zero-order valence-electron chi connectivity index (χ0n) is 15.6. The van der Waals surface area contributed by atoms with Crippen LogP contribution in [0.3, 0.4) is 0 Å². The molecule has 0 bridgehead atoms. The highest BCUT2D eigenvalue weighted by Gasteiger charge is 2.35. The summed E-state index contributed by atoms with van der Waals surface area (Å²) < 4.78 is 40.9. The molecule has 2 rings (SSSR count). The number of amides is 2. The number of aryl methyl sites for hydroxylation is 2. The molecule has 0 saturated heterocycles. The summed E-state index contributed by atoms with van der Waals surface area (Å²) >= 11 is 0. The minimum absolute atomic E-state index is 0.188. The Bertz CT molecular complexity index is 853. The minimum atomic E-state index is -4.60. The van der Waals surface area contributed by atoms with Crippen molar-refractivity contribution in [3.63, 3.8) is 0 Å². The predicted molar refractivity (Wildman–Crippen MR) is 91.2 cm³/mol. The maximum Gasteiger partial charge on any atom is 0.435 e. The highest BCUT2D eigenvalue weighted by molar-refractivity contribution is 6.03. The van der Waals surface area contributed by atoms with Crippen LogP contribution in [0.4, 0.5) is 18.9 Å². The third kappa shape index (κ3) is 4.12. The first kappa shape index (κ1) is 20.5. The lowest BCUT2D eigenvalue weighted by Gasteiger charge is -2.16. The maximum atomic E-state index is 12.8. The number of alkyl halides is 3. The Hall–Kier alpha value is -2.85. The molecule has 0 spiro atoms. The number of anilines is 1. The lowest BCUT2D eigenvalue weighted by molar-refractivity contribution is -0.141. The monoisotopic (exact) mass is 386 g/mol. The van der Waals surface area contributed by atoms with Gasteiger partial charge in [0.2, 0.25) is 5.91 Å². The van der Waals surface area contributed by atoms with E-state index in [9.17, 15) is 22.8 Å². The van der Waals surface area contributed by atoms with Crippen LogP contribution < -0.4 is 5.32 Å². The van der Waals surface area contributed by atoms with Gasteiger partial charge in [0.15, 0.2) is 5.69 Å². The highest BCUT2D eigenvalue weighted by Crippen LogP contribution is 2.29. The zero-order valence-corrected chi connectivity index (χ0v) is 15.6. The Morgan fingerprint density at radius 1 is 1.33 bits per heavy atom. The SMILES string of the molecule is CCn1ncc(NC(=O)C(C)n2nc(C(F)(F)F)cc2C)c1C(=O)N(C)C. The van der Waals surface area contributed by atoms with Gasteiger partial charge in [-0.15, -0.1) is 0 Å². The summed E-state index contributed by atoms with van der Waals surface area (Å²) in [5.41, 5.74) is -0.495. The number of halogens is 3. The summed E-state index contributed by atoms with van der Waals surface area (Å²) in [6.45, 7) is 5.06. The van der Waals surface area contributed by atoms with Crippen molar-refractivity contribution in [2.75, 3.05) is 19.4 Å². The van der Waals surface area contributed by atoms with Gasteiger partial charge in [-0.1, -0.05) is 0 Å². The predicted octanol–water partition coefficient (Wildman–Crippen LogP) is 2.33. The minimum Gasteiger partial charge on any atom is -0.343 e. The molecule has 2 aromatic rings. The van der Waals surface area contributed by atoms with E-state index < -0.39 is 23.8 Å². The van der Waals surface area contributed by atoms with E-state index >= 15 is 0 Å². The highest BCUT2D eigenvalue weighted by atomic mass is 19.4. The van der Waals surface area contributed by atoms with Crippen molar-refractivity contribution in [1.82, 2.24) is 24.5 Å². The Morgan fingerprint density at radius 3 is 2.44 bits per heavy atom. The van der Waals surface area contributed by atoms with Gasteiger partial charge in [-0.3, -0.25) is 19.0 Å². The Balaban J connectivity index is 2.29. The maximum absolute atomic E-state index is 12.8. The smallest absolute Gasteiger partial charge is 0.343 e. The normalized spacial score (nSPS) is 12.7. The van der Waals surface area contributed by atoms with E-state index in [2.05, 4.69) is 15.5 Å². The van der Waals surface area contributed by atoms with Gasteiger partial charge in [0.25, 0.3) is 5.91 Å². The molecular formula is C16H21F3N6O2. The molecule has 0 radical (unpaired) electrons. The van der Waals surface area contributed by atoms with Crippen molar-refractivity contribution in [3.05, 3.63) is 29.3 Å². The lowest BCUT2D eigenvalue weighted by Crippen LogP contribution is -2.29. The largest absolute Gasteiger partial charge is 0.435 e. The second kappa shape index (κ2) is 7.41. The van der Waals surface area contributed by atoms with Gasteiger partial charge in [0, 0.05) is 26.3 Å². The van der Waals surface area contributed by atoms with Crippen molar-refractivity contribution < 1.29 is 22.8 Å². The number of nitrogens with one attached hydrogen (secondary N) is 1. The van der Waals surface area contributed by atoms with Crippen LogP contribution in [0, 0.1) is 6.92 Å². The second-order valence-corrected chi connectivity index (χ2v) is 6.20. The quantitative estimate of drug-likeness (QED) is 0.855. The van der Waals surface area contributed by atoms with Gasteiger partial charge >= 0.3 is 6.18 Å². The Kier molecular flexibility index (Phi) is 5.62. The fraction of sp³-hybridized carbons (Fsp3) is 0.500. The molecule has 0 aliphatic rings. The van der Waals surface area contributed by atoms with Crippen molar-refractivity contribution in [2.45, 2.75) is 39.5 Å². The summed E-state index contributed by atoms with van der Waals surface area (Å²) in [6, 6.07) is -0.145. The summed E-state index contributed by atoms with van der Waals surface area (Å²) in [6.07, 6.45) is -3.26. The molecule has 2 aromatic heterocycles. The molecule has 2 heterocycles. The molecule has 11 heteroatoms. The van der Waals surface area contributed by atoms with Crippen molar-refractivity contribution in [1.29, 1.82) is 0 Å². The first-order valence-corrected chi connectivity index (χ1v) is 8.19. The van der Waals surface area contributed by atoms with Crippen LogP contribution in [-0.4, -0.2) is 50.4 Å². The number of carbonyl (C=O) groups is 2. The van der Waals surface area contributed by atoms with Gasteiger partial charge in [-0.05, 0) is 26.8 Å². The first-order chi connectivity index (χ1) is 12.5. The Labute approximate surface area is 153 Å². The molecule has 0 aliphatic carbocycles. The van der Waals surface area contributed by atoms with E-state index in [-0.39, 0.29) is 23.0 Å². The van der Waals surface area contributed by atoms with Gasteiger partial charge in [0.05, 0.1) is 11.9 Å². The molecule has 148 valence electrons. The van der Waals surface area contributed by atoms with Crippen LogP contribution in [0.15, 0.2) is 12.3 Å². The van der Waals surface area contributed by atoms with E-state index in [0.29, 0.717) is 6.54 Å². The third-order valence-corrected chi connectivity index (χ3v) is 3.96. The molecule has 2 amide bonds. The van der Waals surface area contributed by atoms with Crippen LogP contribution in [0.1, 0.15) is 41.8 Å². The molecule has 1 atom stereocenters. The zero-order chi connectivity index (χ0) is 20.5. The lowest BCUT2D eigenvalue weighted by atomic mass is 10.2. The van der Waals surface area contributed by atoms with E-state index in [1.165, 1.54) is 29.6 Å². The fourth-order valence-electron chi connectivity index (χ4n) is 2.52. The van der Waals surface area contributed by atoms with E-state index in [1.807, 2.05) is 0 Å². The van der Waals surface area contributed by atoms with Gasteiger partial charge in [0.1, 0.15) is 11.7 Å². The number of hydrogen-bond donors (Lipinski definition) is 1. The molecule has 8 nitrogen and oxygen atoms in total. The van der Waals surface area contributed by atoms with Gasteiger partial charge in [-0.2, -0.15) is 23.4 Å². The standard InChI is InChI=1S/C16H21F3N6O2/c1-6-24-13(15(27)23(4)5)11(8-20-24)21-14(26)10(3)25-9(2)7-12(22-25)16(17,18)19/h7-8,10H,6H2,1-5H3,(H,21,26). The Morgan fingerprint density at radius 2 is 1.96 bits per heavy atom. The second-order valence-electron chi connectivity index (χ2n) is 6.20. The summed E-state index contributed by atoms with van der Waals surface area (Å²) in [7, 11) is 3.13. The van der Waals surface area contributed by atoms with Crippen molar-refractivity contribution in [3.8, 4) is 0 Å². The average Bonchev–Trinajstić information content (AvgIpc) is 3.16. The van der Waals surface area contributed by atoms with Crippen LogP contribution in [0.25, 0.3) is 0 Å². The van der Waals surface area contributed by atoms with Crippen molar-refractivity contribution in [2.24, 2.45) is 0 Å². The van der Waals surface area contributed by atoms with Crippen LogP contribution in [0.2, 0.25) is 0 Å². The summed E-state index contributed by atoms with van der Waals surface area (Å²) in [5.74, 6) is -0.967. The number of hydrogen-bond acceptors (Lipinski definition) is 4. The van der Waals surface area contributed by atoms with Crippen molar-refractivity contribution >= 4 is 17.5 Å². The summed E-state index contributed by atoms with van der Waals surface area (Å²) in [4.78, 5) is 26.3. The molecule has 1 N–H and O–H groups in total. The van der Waals surface area contributed by atoms with E-state index in [4.69, 9.17) is 0 Å². The van der Waals surface area contributed by atoms with Gasteiger partial charge in [-0.25, -0.2) is 0 Å². The topological polar surface area (TPSA) is 85.0 Å². The molecule has 27 heavy (non-hydrogen) atoms. The molecule has 0 fully saturated rings. The number of nitrogens with zero attached hydrogens (tertiary/aromatic N) is 5. The number of carbonyl (C=O) groups excluding carboxylic acids is 2. The van der Waals surface area contributed by atoms with E-state index in [0.717, 1.165) is 10.7 Å². The third-order valence-electron chi connectivity index (χ3n) is 3.96. The number of rotatable bonds is 5. The van der Waals surface area contributed by atoms with Crippen LogP contribution in [-0.2, 0) is 17.5 Å².